The number of nitrogens with zero attached hydrogens (tertiary/aromatic N) is 2. The summed E-state index contributed by atoms with van der Waals surface area (Å²) in [6, 6.07) is -0.0815. The van der Waals surface area contributed by atoms with Gasteiger partial charge in [-0.25, -0.2) is 18.2 Å². The lowest BCUT2D eigenvalue weighted by molar-refractivity contribution is 0.240. The molecule has 154 valence electrons. The van der Waals surface area contributed by atoms with Crippen LogP contribution in [0.5, 0.6) is 0 Å². The number of allylic oxidation sites excluding steroid dienone is 2. The molecule has 3 N–H and O–H groups in total. The second-order valence-corrected chi connectivity index (χ2v) is 8.49. The minimum absolute atomic E-state index is 0.0544. The minimum atomic E-state index is -3.33. The van der Waals surface area contributed by atoms with Gasteiger partial charge in [0.05, 0.1) is 5.75 Å². The Morgan fingerprint density at radius 3 is 2.26 bits per heavy atom. The maximum atomic E-state index is 11.9. The summed E-state index contributed by atoms with van der Waals surface area (Å²) in [7, 11) is -3.33. The van der Waals surface area contributed by atoms with Gasteiger partial charge >= 0.3 is 6.03 Å². The van der Waals surface area contributed by atoms with Gasteiger partial charge in [0.25, 0.3) is 0 Å². The molecule has 27 heavy (non-hydrogen) atoms. The van der Waals surface area contributed by atoms with Crippen LogP contribution >= 0.6 is 0 Å². The van der Waals surface area contributed by atoms with Gasteiger partial charge in [0.2, 0.25) is 15.0 Å². The van der Waals surface area contributed by atoms with E-state index in [0.29, 0.717) is 13.0 Å². The summed E-state index contributed by atoms with van der Waals surface area (Å²) in [4.78, 5) is 15.2. The second-order valence-electron chi connectivity index (χ2n) is 6.46. The first-order valence-corrected chi connectivity index (χ1v) is 11.5. The van der Waals surface area contributed by atoms with Crippen LogP contribution in [-0.2, 0) is 9.84 Å². The fourth-order valence-corrected chi connectivity index (χ4v) is 3.64. The molecule has 0 bridgehead atoms. The Hall–Kier alpha value is -1.90. The molecular formula is C18H33N5O3S. The Morgan fingerprint density at radius 2 is 1.67 bits per heavy atom. The Balaban J connectivity index is 1.93. The highest BCUT2D eigenvalue weighted by atomic mass is 32.2. The highest BCUT2D eigenvalue weighted by Crippen LogP contribution is 2.07. The number of hydrogen-bond donors (Lipinski definition) is 3. The number of nitrogens with one attached hydrogen (secondary N) is 3. The van der Waals surface area contributed by atoms with Crippen molar-refractivity contribution in [1.29, 1.82) is 0 Å². The molecule has 0 aromatic carbocycles. The molecule has 2 amide bonds. The first-order valence-electron chi connectivity index (χ1n) is 9.81. The molecule has 0 radical (unpaired) electrons. The number of hydrogen-bond acceptors (Lipinski definition) is 5. The molecule has 0 fully saturated rings. The molecule has 1 aromatic rings. The molecule has 8 nitrogen and oxygen atoms in total. The summed E-state index contributed by atoms with van der Waals surface area (Å²) in [5.74, 6) is 0.0855. The van der Waals surface area contributed by atoms with Crippen LogP contribution in [0.4, 0.5) is 4.79 Å². The highest BCUT2D eigenvalue weighted by Gasteiger charge is 2.16. The van der Waals surface area contributed by atoms with E-state index >= 15 is 0 Å². The van der Waals surface area contributed by atoms with Gasteiger partial charge in [0.15, 0.2) is 0 Å². The molecule has 0 aliphatic carbocycles. The third-order valence-corrected chi connectivity index (χ3v) is 5.65. The number of urea groups is 1. The third kappa shape index (κ3) is 11.4. The van der Waals surface area contributed by atoms with Crippen molar-refractivity contribution >= 4 is 15.9 Å². The average Bonchev–Trinajstić information content (AvgIpc) is 3.19. The maximum absolute atomic E-state index is 11.9. The molecule has 1 rings (SSSR count). The minimum Gasteiger partial charge on any atom is -0.338 e. The number of carbonyl (C=O) groups is 1. The quantitative estimate of drug-likeness (QED) is 0.310. The number of rotatable bonds is 15. The third-order valence-electron chi connectivity index (χ3n) is 4.04. The standard InChI is InChI=1S/C18H33N5O3S/c1-2-3-10-13-19-17(24)20-14-11-8-6-4-5-7-9-12-15-27(25,26)18-21-16-22-23-18/h4-5,16H,2-3,6-15H2,1H3,(H2,19,20,24)(H,21,22,23)/b5-4+. The molecule has 0 atom stereocenters. The zero-order valence-electron chi connectivity index (χ0n) is 16.2. The van der Waals surface area contributed by atoms with Crippen LogP contribution in [0, 0.1) is 0 Å². The topological polar surface area (TPSA) is 117 Å². The normalized spacial score (nSPS) is 11.7. The van der Waals surface area contributed by atoms with Crippen LogP contribution in [0.3, 0.4) is 0 Å². The largest absolute Gasteiger partial charge is 0.338 e. The van der Waals surface area contributed by atoms with Crippen molar-refractivity contribution in [3.8, 4) is 0 Å². The van der Waals surface area contributed by atoms with Gasteiger partial charge in [-0.2, -0.15) is 5.10 Å². The summed E-state index contributed by atoms with van der Waals surface area (Å²) >= 11 is 0. The van der Waals surface area contributed by atoms with Gasteiger partial charge in [0, 0.05) is 13.1 Å². The lowest BCUT2D eigenvalue weighted by atomic mass is 10.2. The first kappa shape index (κ1) is 23.1. The van der Waals surface area contributed by atoms with Crippen LogP contribution in [0.1, 0.15) is 64.7 Å². The Morgan fingerprint density at radius 1 is 1.04 bits per heavy atom. The Kier molecular flexibility index (Phi) is 12.2. The van der Waals surface area contributed by atoms with E-state index in [4.69, 9.17) is 0 Å². The molecule has 0 unspecified atom stereocenters. The molecule has 0 saturated heterocycles. The first-order chi connectivity index (χ1) is 13.1. The number of aromatic nitrogens is 3. The SMILES string of the molecule is CCCCCNC(=O)NCCCC/C=C/CCCCS(=O)(=O)c1ncn[nH]1. The molecular weight excluding hydrogens is 366 g/mol. The molecule has 0 aliphatic heterocycles. The molecule has 1 heterocycles. The Bertz CT molecular complexity index is 629. The van der Waals surface area contributed by atoms with Crippen molar-refractivity contribution in [1.82, 2.24) is 25.8 Å². The molecule has 9 heteroatoms. The van der Waals surface area contributed by atoms with E-state index in [0.717, 1.165) is 57.9 Å². The summed E-state index contributed by atoms with van der Waals surface area (Å²) in [5, 5.41) is 11.6. The van der Waals surface area contributed by atoms with Gasteiger partial charge < -0.3 is 10.6 Å². The van der Waals surface area contributed by atoms with Crippen LogP contribution in [0.2, 0.25) is 0 Å². The van der Waals surface area contributed by atoms with Crippen LogP contribution in [0.15, 0.2) is 23.6 Å². The van der Waals surface area contributed by atoms with Crippen molar-refractivity contribution in [2.75, 3.05) is 18.8 Å². The van der Waals surface area contributed by atoms with Crippen LogP contribution in [-0.4, -0.2) is 48.5 Å². The van der Waals surface area contributed by atoms with E-state index in [-0.39, 0.29) is 16.9 Å². The summed E-state index contributed by atoms with van der Waals surface area (Å²) in [5.41, 5.74) is 0. The average molecular weight is 400 g/mol. The lowest BCUT2D eigenvalue weighted by Gasteiger charge is -2.06. The maximum Gasteiger partial charge on any atom is 0.314 e. The van der Waals surface area contributed by atoms with Gasteiger partial charge in [-0.3, -0.25) is 5.10 Å². The van der Waals surface area contributed by atoms with E-state index < -0.39 is 9.84 Å². The predicted molar refractivity (Wildman–Crippen MR) is 106 cm³/mol. The van der Waals surface area contributed by atoms with Gasteiger partial charge in [0.1, 0.15) is 6.33 Å². The van der Waals surface area contributed by atoms with Crippen molar-refractivity contribution in [3.63, 3.8) is 0 Å². The van der Waals surface area contributed by atoms with E-state index in [1.807, 2.05) is 0 Å². The van der Waals surface area contributed by atoms with E-state index in [2.05, 4.69) is 44.9 Å². The van der Waals surface area contributed by atoms with E-state index in [9.17, 15) is 13.2 Å². The number of aromatic amines is 1. The number of unbranched alkanes of at least 4 members (excludes halogenated alkanes) is 6. The molecule has 0 saturated carbocycles. The fourth-order valence-electron chi connectivity index (χ4n) is 2.46. The number of H-pyrrole nitrogens is 1. The number of amides is 2. The molecule has 1 aromatic heterocycles. The number of carbonyl (C=O) groups excluding carboxylic acids is 1. The van der Waals surface area contributed by atoms with E-state index in [1.165, 1.54) is 6.33 Å². The van der Waals surface area contributed by atoms with Crippen LogP contribution in [0.25, 0.3) is 0 Å². The second kappa shape index (κ2) is 14.2. The fraction of sp³-hybridized carbons (Fsp3) is 0.722. The highest BCUT2D eigenvalue weighted by molar-refractivity contribution is 7.91. The van der Waals surface area contributed by atoms with Gasteiger partial charge in [-0.05, 0) is 44.9 Å². The van der Waals surface area contributed by atoms with Crippen LogP contribution < -0.4 is 10.6 Å². The van der Waals surface area contributed by atoms with E-state index in [1.54, 1.807) is 0 Å². The molecule has 0 spiro atoms. The van der Waals surface area contributed by atoms with Crippen molar-refractivity contribution < 1.29 is 13.2 Å². The van der Waals surface area contributed by atoms with Gasteiger partial charge in [-0.1, -0.05) is 31.9 Å². The Labute approximate surface area is 162 Å². The van der Waals surface area contributed by atoms with Crippen molar-refractivity contribution in [3.05, 3.63) is 18.5 Å². The predicted octanol–water partition coefficient (Wildman–Crippen LogP) is 2.96. The van der Waals surface area contributed by atoms with Crippen molar-refractivity contribution in [2.45, 2.75) is 69.9 Å². The molecule has 0 aliphatic rings. The summed E-state index contributed by atoms with van der Waals surface area (Å²) in [6.45, 7) is 3.56. The lowest BCUT2D eigenvalue weighted by Crippen LogP contribution is -2.36. The smallest absolute Gasteiger partial charge is 0.314 e. The summed E-state index contributed by atoms with van der Waals surface area (Å²) in [6.07, 6.45) is 14.0. The zero-order valence-corrected chi connectivity index (χ0v) is 17.1. The zero-order chi connectivity index (χ0) is 19.8. The monoisotopic (exact) mass is 399 g/mol. The summed E-state index contributed by atoms with van der Waals surface area (Å²) < 4.78 is 23.8. The number of sulfone groups is 1. The van der Waals surface area contributed by atoms with Crippen molar-refractivity contribution in [2.24, 2.45) is 0 Å². The van der Waals surface area contributed by atoms with Gasteiger partial charge in [-0.15, -0.1) is 0 Å².